The molecule has 160 valence electrons. The minimum atomic E-state index is -0.387. The number of imidazole rings is 1. The Balaban J connectivity index is 1.68. The molecule has 0 saturated carbocycles. The van der Waals surface area contributed by atoms with Gasteiger partial charge in [0.25, 0.3) is 17.4 Å². The van der Waals surface area contributed by atoms with E-state index in [-0.39, 0.29) is 22.9 Å². The highest BCUT2D eigenvalue weighted by molar-refractivity contribution is 5.96. The van der Waals surface area contributed by atoms with E-state index in [4.69, 9.17) is 0 Å². The standard InChI is InChI=1S/C23H25N5O3/c1-24-21(29)20-18-9-11-27(22(30)19-12-25-15-26(19)2)13-17(18)14-28(23(20)31)10-8-16-6-4-3-5-7-16/h3-7,12,14-15H,8-11,13H2,1-2H3,(H,24,29). The van der Waals surface area contributed by atoms with E-state index in [1.165, 1.54) is 7.05 Å². The van der Waals surface area contributed by atoms with Crippen LogP contribution in [0.3, 0.4) is 0 Å². The number of benzene rings is 1. The van der Waals surface area contributed by atoms with E-state index in [9.17, 15) is 14.4 Å². The van der Waals surface area contributed by atoms with E-state index in [0.29, 0.717) is 38.2 Å². The van der Waals surface area contributed by atoms with Crippen LogP contribution >= 0.6 is 0 Å². The Morgan fingerprint density at radius 2 is 1.97 bits per heavy atom. The molecule has 0 unspecified atom stereocenters. The van der Waals surface area contributed by atoms with E-state index in [1.807, 2.05) is 30.3 Å². The third kappa shape index (κ3) is 4.01. The Kier molecular flexibility index (Phi) is 5.70. The number of hydrogen-bond acceptors (Lipinski definition) is 4. The minimum Gasteiger partial charge on any atom is -0.355 e. The normalized spacial score (nSPS) is 13.0. The van der Waals surface area contributed by atoms with Gasteiger partial charge in [-0.15, -0.1) is 0 Å². The first-order valence-corrected chi connectivity index (χ1v) is 10.3. The third-order valence-corrected chi connectivity index (χ3v) is 5.73. The molecule has 2 amide bonds. The van der Waals surface area contributed by atoms with Gasteiger partial charge in [0.15, 0.2) is 0 Å². The molecular formula is C23H25N5O3. The van der Waals surface area contributed by atoms with Crippen molar-refractivity contribution in [1.29, 1.82) is 0 Å². The van der Waals surface area contributed by atoms with Crippen molar-refractivity contribution >= 4 is 11.8 Å². The van der Waals surface area contributed by atoms with Gasteiger partial charge in [-0.3, -0.25) is 14.4 Å². The van der Waals surface area contributed by atoms with E-state index >= 15 is 0 Å². The van der Waals surface area contributed by atoms with Gasteiger partial charge in [0.2, 0.25) is 0 Å². The van der Waals surface area contributed by atoms with Gasteiger partial charge < -0.3 is 19.4 Å². The van der Waals surface area contributed by atoms with E-state index < -0.39 is 0 Å². The van der Waals surface area contributed by atoms with Crippen LogP contribution in [0.4, 0.5) is 0 Å². The van der Waals surface area contributed by atoms with Gasteiger partial charge in [0.05, 0.1) is 12.5 Å². The summed E-state index contributed by atoms with van der Waals surface area (Å²) in [5, 5.41) is 2.59. The van der Waals surface area contributed by atoms with Crippen molar-refractivity contribution in [3.63, 3.8) is 0 Å². The van der Waals surface area contributed by atoms with Gasteiger partial charge in [-0.05, 0) is 29.5 Å². The maximum absolute atomic E-state index is 13.1. The van der Waals surface area contributed by atoms with Gasteiger partial charge in [0.1, 0.15) is 11.3 Å². The first-order chi connectivity index (χ1) is 15.0. The molecule has 1 aromatic carbocycles. The average molecular weight is 419 g/mol. The van der Waals surface area contributed by atoms with Crippen molar-refractivity contribution in [1.82, 2.24) is 24.3 Å². The van der Waals surface area contributed by atoms with Gasteiger partial charge in [-0.25, -0.2) is 4.98 Å². The monoisotopic (exact) mass is 419 g/mol. The fourth-order valence-corrected chi connectivity index (χ4v) is 4.03. The van der Waals surface area contributed by atoms with Gasteiger partial charge in [-0.1, -0.05) is 30.3 Å². The van der Waals surface area contributed by atoms with Gasteiger partial charge in [0, 0.05) is 39.9 Å². The molecule has 0 saturated heterocycles. The molecule has 31 heavy (non-hydrogen) atoms. The first kappa shape index (κ1) is 20.6. The summed E-state index contributed by atoms with van der Waals surface area (Å²) in [4.78, 5) is 44.4. The van der Waals surface area contributed by atoms with Gasteiger partial charge >= 0.3 is 0 Å². The molecule has 0 fully saturated rings. The van der Waals surface area contributed by atoms with Crippen LogP contribution in [0.15, 0.2) is 53.8 Å². The second-order valence-electron chi connectivity index (χ2n) is 7.69. The second kappa shape index (κ2) is 8.59. The number of carbonyl (C=O) groups is 2. The SMILES string of the molecule is CNC(=O)c1c2c(cn(CCc3ccccc3)c1=O)CN(C(=O)c1cncn1C)CC2. The quantitative estimate of drug-likeness (QED) is 0.677. The number of nitrogens with zero attached hydrogens (tertiary/aromatic N) is 4. The molecule has 1 aliphatic heterocycles. The Hall–Kier alpha value is -3.68. The molecule has 0 aliphatic carbocycles. The summed E-state index contributed by atoms with van der Waals surface area (Å²) in [6.45, 7) is 1.24. The fraction of sp³-hybridized carbons (Fsp3) is 0.304. The molecule has 1 aliphatic rings. The maximum atomic E-state index is 13.1. The number of fused-ring (bicyclic) bond motifs is 1. The molecule has 0 spiro atoms. The number of carbonyl (C=O) groups excluding carboxylic acids is 2. The number of pyridine rings is 1. The third-order valence-electron chi connectivity index (χ3n) is 5.73. The summed E-state index contributed by atoms with van der Waals surface area (Å²) < 4.78 is 3.28. The summed E-state index contributed by atoms with van der Waals surface area (Å²) in [5.74, 6) is -0.504. The fourth-order valence-electron chi connectivity index (χ4n) is 4.03. The molecular weight excluding hydrogens is 394 g/mol. The zero-order chi connectivity index (χ0) is 22.0. The lowest BCUT2D eigenvalue weighted by Crippen LogP contribution is -2.41. The van der Waals surface area contributed by atoms with Crippen LogP contribution in [0, 0.1) is 0 Å². The predicted molar refractivity (Wildman–Crippen MR) is 116 cm³/mol. The lowest BCUT2D eigenvalue weighted by molar-refractivity contribution is 0.0724. The topological polar surface area (TPSA) is 89.2 Å². The summed E-state index contributed by atoms with van der Waals surface area (Å²) in [6, 6.07) is 9.90. The van der Waals surface area contributed by atoms with E-state index in [0.717, 1.165) is 16.7 Å². The number of aryl methyl sites for hydroxylation is 3. The van der Waals surface area contributed by atoms with Crippen LogP contribution < -0.4 is 10.9 Å². The second-order valence-corrected chi connectivity index (χ2v) is 7.69. The zero-order valence-corrected chi connectivity index (χ0v) is 17.7. The summed E-state index contributed by atoms with van der Waals surface area (Å²) >= 11 is 0. The van der Waals surface area contributed by atoms with Crippen molar-refractivity contribution in [2.45, 2.75) is 25.9 Å². The van der Waals surface area contributed by atoms with Crippen molar-refractivity contribution in [3.8, 4) is 0 Å². The molecule has 0 atom stereocenters. The van der Waals surface area contributed by atoms with E-state index in [1.54, 1.807) is 39.8 Å². The van der Waals surface area contributed by atoms with Crippen molar-refractivity contribution in [3.05, 3.63) is 87.4 Å². The molecule has 8 nitrogen and oxygen atoms in total. The summed E-state index contributed by atoms with van der Waals surface area (Å²) in [6.07, 6.45) is 6.07. The van der Waals surface area contributed by atoms with Gasteiger partial charge in [-0.2, -0.15) is 0 Å². The van der Waals surface area contributed by atoms with Crippen molar-refractivity contribution in [2.75, 3.05) is 13.6 Å². The molecule has 8 heteroatoms. The Labute approximate surface area is 180 Å². The molecule has 3 aromatic rings. The van der Waals surface area contributed by atoms with Crippen LogP contribution in [0.1, 0.15) is 37.5 Å². The lowest BCUT2D eigenvalue weighted by atomic mass is 9.95. The number of amides is 2. The summed E-state index contributed by atoms with van der Waals surface area (Å²) in [5.41, 5.74) is 3.07. The Morgan fingerprint density at radius 3 is 2.65 bits per heavy atom. The number of hydrogen-bond donors (Lipinski definition) is 1. The summed E-state index contributed by atoms with van der Waals surface area (Å²) in [7, 11) is 3.31. The Morgan fingerprint density at radius 1 is 1.19 bits per heavy atom. The number of nitrogens with one attached hydrogen (secondary N) is 1. The molecule has 0 bridgehead atoms. The smallest absolute Gasteiger partial charge is 0.272 e. The van der Waals surface area contributed by atoms with Crippen LogP contribution in [-0.4, -0.2) is 44.4 Å². The molecule has 3 heterocycles. The first-order valence-electron chi connectivity index (χ1n) is 10.3. The van der Waals surface area contributed by atoms with Crippen LogP contribution in [0.5, 0.6) is 0 Å². The molecule has 4 rings (SSSR count). The maximum Gasteiger partial charge on any atom is 0.272 e. The lowest BCUT2D eigenvalue weighted by Gasteiger charge is -2.30. The molecule has 2 aromatic heterocycles. The predicted octanol–water partition coefficient (Wildman–Crippen LogP) is 1.38. The highest BCUT2D eigenvalue weighted by atomic mass is 16.2. The zero-order valence-electron chi connectivity index (χ0n) is 17.7. The highest BCUT2D eigenvalue weighted by Gasteiger charge is 2.29. The van der Waals surface area contributed by atoms with Crippen molar-refractivity contribution in [2.24, 2.45) is 7.05 Å². The van der Waals surface area contributed by atoms with Crippen LogP contribution in [0.25, 0.3) is 0 Å². The minimum absolute atomic E-state index is 0.117. The average Bonchev–Trinajstić information content (AvgIpc) is 3.23. The largest absolute Gasteiger partial charge is 0.355 e. The molecule has 1 N–H and O–H groups in total. The highest BCUT2D eigenvalue weighted by Crippen LogP contribution is 2.22. The van der Waals surface area contributed by atoms with Crippen LogP contribution in [0.2, 0.25) is 0 Å². The van der Waals surface area contributed by atoms with Crippen molar-refractivity contribution < 1.29 is 9.59 Å². The number of rotatable bonds is 5. The Bertz CT molecular complexity index is 1180. The van der Waals surface area contributed by atoms with Crippen LogP contribution in [-0.2, 0) is 33.0 Å². The molecule has 0 radical (unpaired) electrons. The van der Waals surface area contributed by atoms with E-state index in [2.05, 4.69) is 10.3 Å². The number of aromatic nitrogens is 3.